The molecule has 146 valence electrons. The Morgan fingerprint density at radius 2 is 2.11 bits per heavy atom. The van der Waals surface area contributed by atoms with Gasteiger partial charge in [-0.25, -0.2) is 0 Å². The van der Waals surface area contributed by atoms with Crippen molar-refractivity contribution in [3.8, 4) is 11.1 Å². The number of fused-ring (bicyclic) bond motifs is 1. The van der Waals surface area contributed by atoms with Crippen molar-refractivity contribution < 1.29 is 4.79 Å². The number of pyridine rings is 1. The smallest absolute Gasteiger partial charge is 0.143 e. The monoisotopic (exact) mass is 376 g/mol. The average Bonchev–Trinajstić information content (AvgIpc) is 3.22. The standard InChI is InChI=1S/C23H28N4O/c1-16(2)14-27-7-3-4-19(15-27)23(28)10-22-9-20-8-17(21-12-25-26-13-21)5-6-18(20)11-24-22/h5-6,8-9,11-13,16,19H,3-4,7,10,14-15H2,1-2H3,(H,25,26). The first-order valence-corrected chi connectivity index (χ1v) is 10.2. The Balaban J connectivity index is 1.48. The van der Waals surface area contributed by atoms with Gasteiger partial charge in [-0.15, -0.1) is 0 Å². The Morgan fingerprint density at radius 1 is 1.21 bits per heavy atom. The number of aromatic nitrogens is 3. The molecule has 28 heavy (non-hydrogen) atoms. The predicted molar refractivity (Wildman–Crippen MR) is 112 cm³/mol. The van der Waals surface area contributed by atoms with Crippen molar-refractivity contribution >= 4 is 16.6 Å². The Kier molecular flexibility index (Phi) is 5.53. The summed E-state index contributed by atoms with van der Waals surface area (Å²) in [6, 6.07) is 8.35. The molecule has 1 unspecified atom stereocenters. The lowest BCUT2D eigenvalue weighted by molar-refractivity contribution is -0.124. The van der Waals surface area contributed by atoms with Gasteiger partial charge in [-0.3, -0.25) is 14.9 Å². The number of Topliss-reactive ketones (excluding diaryl/α,β-unsaturated/α-hetero) is 1. The molecular weight excluding hydrogens is 348 g/mol. The lowest BCUT2D eigenvalue weighted by atomic mass is 9.90. The van der Waals surface area contributed by atoms with Crippen LogP contribution in [0.15, 0.2) is 42.9 Å². The van der Waals surface area contributed by atoms with Crippen molar-refractivity contribution in [2.45, 2.75) is 33.1 Å². The fourth-order valence-corrected chi connectivity index (χ4v) is 4.19. The number of hydrogen-bond donors (Lipinski definition) is 1. The molecule has 0 radical (unpaired) electrons. The minimum Gasteiger partial charge on any atom is -0.302 e. The number of benzene rings is 1. The number of rotatable bonds is 6. The molecule has 1 saturated heterocycles. The number of H-pyrrole nitrogens is 1. The average molecular weight is 377 g/mol. The SMILES string of the molecule is CC(C)CN1CCCC(C(=O)Cc2cc3cc(-c4cn[nH]c4)ccc3cn2)C1. The number of likely N-dealkylation sites (tertiary alicyclic amines) is 1. The van der Waals surface area contributed by atoms with Crippen LogP contribution in [0.1, 0.15) is 32.4 Å². The van der Waals surface area contributed by atoms with E-state index < -0.39 is 0 Å². The first-order valence-electron chi connectivity index (χ1n) is 10.2. The van der Waals surface area contributed by atoms with Crippen LogP contribution in [0, 0.1) is 11.8 Å². The molecule has 0 aliphatic carbocycles. The van der Waals surface area contributed by atoms with Gasteiger partial charge < -0.3 is 4.90 Å². The predicted octanol–water partition coefficient (Wildman–Crippen LogP) is 4.10. The number of carbonyl (C=O) groups is 1. The van der Waals surface area contributed by atoms with Crippen LogP contribution in [0.2, 0.25) is 0 Å². The molecule has 1 aliphatic rings. The maximum atomic E-state index is 12.9. The zero-order valence-electron chi connectivity index (χ0n) is 16.7. The molecule has 1 N–H and O–H groups in total. The highest BCUT2D eigenvalue weighted by Gasteiger charge is 2.26. The van der Waals surface area contributed by atoms with E-state index >= 15 is 0 Å². The van der Waals surface area contributed by atoms with Crippen molar-refractivity contribution in [1.29, 1.82) is 0 Å². The van der Waals surface area contributed by atoms with Gasteiger partial charge in [0, 0.05) is 54.5 Å². The summed E-state index contributed by atoms with van der Waals surface area (Å²) in [5.41, 5.74) is 3.04. The maximum Gasteiger partial charge on any atom is 0.143 e. The number of nitrogens with one attached hydrogen (secondary N) is 1. The fraction of sp³-hybridized carbons (Fsp3) is 0.435. The van der Waals surface area contributed by atoms with Crippen LogP contribution < -0.4 is 0 Å². The molecule has 0 spiro atoms. The Bertz CT molecular complexity index is 948. The molecule has 0 saturated carbocycles. The van der Waals surface area contributed by atoms with E-state index in [4.69, 9.17) is 0 Å². The molecular formula is C23H28N4O. The maximum absolute atomic E-state index is 12.9. The van der Waals surface area contributed by atoms with E-state index in [1.807, 2.05) is 18.6 Å². The molecule has 0 amide bonds. The number of carbonyl (C=O) groups excluding carboxylic acids is 1. The van der Waals surface area contributed by atoms with E-state index in [1.54, 1.807) is 0 Å². The number of hydrogen-bond acceptors (Lipinski definition) is 4. The van der Waals surface area contributed by atoms with E-state index in [2.05, 4.69) is 58.2 Å². The third kappa shape index (κ3) is 4.30. The fourth-order valence-electron chi connectivity index (χ4n) is 4.19. The van der Waals surface area contributed by atoms with Crippen LogP contribution in [0.4, 0.5) is 0 Å². The highest BCUT2D eigenvalue weighted by atomic mass is 16.1. The Hall–Kier alpha value is -2.53. The molecule has 2 aromatic heterocycles. The zero-order chi connectivity index (χ0) is 19.5. The summed E-state index contributed by atoms with van der Waals surface area (Å²) in [4.78, 5) is 19.9. The van der Waals surface area contributed by atoms with Gasteiger partial charge in [-0.1, -0.05) is 26.0 Å². The third-order valence-corrected chi connectivity index (χ3v) is 5.55. The van der Waals surface area contributed by atoms with Crippen LogP contribution in [0.3, 0.4) is 0 Å². The quantitative estimate of drug-likeness (QED) is 0.703. The van der Waals surface area contributed by atoms with Crippen molar-refractivity contribution in [1.82, 2.24) is 20.1 Å². The van der Waals surface area contributed by atoms with Crippen molar-refractivity contribution in [2.24, 2.45) is 11.8 Å². The Labute approximate surface area is 166 Å². The van der Waals surface area contributed by atoms with Gasteiger partial charge in [-0.2, -0.15) is 5.10 Å². The van der Waals surface area contributed by atoms with Crippen LogP contribution in [-0.2, 0) is 11.2 Å². The minimum atomic E-state index is 0.141. The summed E-state index contributed by atoms with van der Waals surface area (Å²) in [7, 11) is 0. The van der Waals surface area contributed by atoms with Gasteiger partial charge in [0.05, 0.1) is 6.20 Å². The molecule has 1 fully saturated rings. The largest absolute Gasteiger partial charge is 0.302 e. The van der Waals surface area contributed by atoms with E-state index in [1.165, 1.54) is 0 Å². The molecule has 0 bridgehead atoms. The summed E-state index contributed by atoms with van der Waals surface area (Å²) >= 11 is 0. The molecule has 1 atom stereocenters. The Morgan fingerprint density at radius 3 is 2.89 bits per heavy atom. The second-order valence-corrected chi connectivity index (χ2v) is 8.36. The van der Waals surface area contributed by atoms with Gasteiger partial charge >= 0.3 is 0 Å². The molecule has 1 aromatic carbocycles. The van der Waals surface area contributed by atoms with E-state index in [0.29, 0.717) is 18.1 Å². The highest BCUT2D eigenvalue weighted by molar-refractivity contribution is 5.88. The van der Waals surface area contributed by atoms with Crippen LogP contribution in [-0.4, -0.2) is 45.5 Å². The third-order valence-electron chi connectivity index (χ3n) is 5.55. The van der Waals surface area contributed by atoms with Crippen molar-refractivity contribution in [2.75, 3.05) is 19.6 Å². The summed E-state index contributed by atoms with van der Waals surface area (Å²) in [6.07, 6.45) is 8.13. The number of aromatic amines is 1. The van der Waals surface area contributed by atoms with Gasteiger partial charge in [0.2, 0.25) is 0 Å². The van der Waals surface area contributed by atoms with Gasteiger partial charge in [-0.05, 0) is 48.4 Å². The van der Waals surface area contributed by atoms with Gasteiger partial charge in [0.25, 0.3) is 0 Å². The van der Waals surface area contributed by atoms with E-state index in [0.717, 1.165) is 60.1 Å². The number of piperidine rings is 1. The van der Waals surface area contributed by atoms with Crippen molar-refractivity contribution in [3.05, 3.63) is 48.5 Å². The van der Waals surface area contributed by atoms with Crippen LogP contribution >= 0.6 is 0 Å². The van der Waals surface area contributed by atoms with Crippen LogP contribution in [0.25, 0.3) is 21.9 Å². The minimum absolute atomic E-state index is 0.141. The molecule has 5 nitrogen and oxygen atoms in total. The second-order valence-electron chi connectivity index (χ2n) is 8.36. The van der Waals surface area contributed by atoms with Gasteiger partial charge in [0.15, 0.2) is 0 Å². The van der Waals surface area contributed by atoms with Crippen LogP contribution in [0.5, 0.6) is 0 Å². The van der Waals surface area contributed by atoms with E-state index in [9.17, 15) is 4.79 Å². The summed E-state index contributed by atoms with van der Waals surface area (Å²) in [6.45, 7) is 7.57. The molecule has 5 heteroatoms. The zero-order valence-corrected chi connectivity index (χ0v) is 16.7. The lowest BCUT2D eigenvalue weighted by Crippen LogP contribution is -2.40. The second kappa shape index (κ2) is 8.23. The van der Waals surface area contributed by atoms with Gasteiger partial charge in [0.1, 0.15) is 5.78 Å². The number of nitrogens with zero attached hydrogens (tertiary/aromatic N) is 3. The summed E-state index contributed by atoms with van der Waals surface area (Å²) < 4.78 is 0. The summed E-state index contributed by atoms with van der Waals surface area (Å²) in [5.74, 6) is 1.11. The first-order chi connectivity index (χ1) is 13.6. The molecule has 1 aliphatic heterocycles. The lowest BCUT2D eigenvalue weighted by Gasteiger charge is -2.33. The first kappa shape index (κ1) is 18.8. The van der Waals surface area contributed by atoms with Crippen molar-refractivity contribution in [3.63, 3.8) is 0 Å². The number of ketones is 1. The summed E-state index contributed by atoms with van der Waals surface area (Å²) in [5, 5.41) is 9.08. The highest BCUT2D eigenvalue weighted by Crippen LogP contribution is 2.25. The normalized spacial score (nSPS) is 18.0. The molecule has 3 aromatic rings. The van der Waals surface area contributed by atoms with E-state index in [-0.39, 0.29) is 5.92 Å². The molecule has 4 rings (SSSR count). The molecule has 3 heterocycles. The topological polar surface area (TPSA) is 61.9 Å².